The molecule has 0 saturated carbocycles. The minimum atomic E-state index is 0. The maximum absolute atomic E-state index is 8.66. The predicted octanol–water partition coefficient (Wildman–Crippen LogP) is 4.20. The molecule has 0 radical (unpaired) electrons. The molecule has 4 nitrogen and oxygen atoms in total. The van der Waals surface area contributed by atoms with Gasteiger partial charge < -0.3 is 19.9 Å². The molecule has 0 unspecified atom stereocenters. The second kappa shape index (κ2) is 12.5. The zero-order valence-electron chi connectivity index (χ0n) is 13.7. The lowest BCUT2D eigenvalue weighted by Gasteiger charge is -2.13. The van der Waals surface area contributed by atoms with Crippen molar-refractivity contribution in [1.29, 1.82) is 0 Å². The highest BCUT2D eigenvalue weighted by Crippen LogP contribution is 2.25. The van der Waals surface area contributed by atoms with Crippen LogP contribution >= 0.6 is 39.9 Å². The maximum Gasteiger partial charge on any atom is 0.124 e. The molecule has 0 saturated heterocycles. The van der Waals surface area contributed by atoms with Gasteiger partial charge >= 0.3 is 0 Å². The summed E-state index contributed by atoms with van der Waals surface area (Å²) in [5.41, 5.74) is 2.01. The Balaban J connectivity index is 0.00000312. The normalized spacial score (nSPS) is 10.4. The van der Waals surface area contributed by atoms with E-state index in [1.54, 1.807) is 0 Å². The van der Waals surface area contributed by atoms with E-state index >= 15 is 0 Å². The zero-order chi connectivity index (χ0) is 17.2. The van der Waals surface area contributed by atoms with Crippen molar-refractivity contribution in [2.24, 2.45) is 0 Å². The number of halogens is 3. The first-order valence-electron chi connectivity index (χ1n) is 7.74. The van der Waals surface area contributed by atoms with Crippen LogP contribution in [0, 0.1) is 0 Å². The third kappa shape index (κ3) is 7.94. The summed E-state index contributed by atoms with van der Waals surface area (Å²) in [6, 6.07) is 13.6. The summed E-state index contributed by atoms with van der Waals surface area (Å²) in [7, 11) is 0. The number of aliphatic hydroxyl groups is 1. The summed E-state index contributed by atoms with van der Waals surface area (Å²) < 4.78 is 12.2. The van der Waals surface area contributed by atoms with Crippen LogP contribution < -0.4 is 10.1 Å². The Kier molecular flexibility index (Phi) is 11.1. The molecule has 0 heterocycles. The van der Waals surface area contributed by atoms with Gasteiger partial charge in [0.15, 0.2) is 0 Å². The van der Waals surface area contributed by atoms with E-state index in [-0.39, 0.29) is 19.0 Å². The van der Waals surface area contributed by atoms with Gasteiger partial charge in [-0.05, 0) is 24.3 Å². The zero-order valence-corrected chi connectivity index (χ0v) is 16.9. The molecular formula is C18H22BrCl2NO3. The van der Waals surface area contributed by atoms with Crippen LogP contribution in [0.3, 0.4) is 0 Å². The molecule has 138 valence electrons. The van der Waals surface area contributed by atoms with Crippen molar-refractivity contribution in [3.05, 3.63) is 63.1 Å². The molecule has 2 aromatic rings. The van der Waals surface area contributed by atoms with Crippen LogP contribution in [0.1, 0.15) is 11.1 Å². The second-order valence-electron chi connectivity index (χ2n) is 5.14. The average Bonchev–Trinajstić information content (AvgIpc) is 2.58. The predicted molar refractivity (Wildman–Crippen MR) is 107 cm³/mol. The minimum Gasteiger partial charge on any atom is -0.489 e. The number of hydrogen-bond donors (Lipinski definition) is 2. The van der Waals surface area contributed by atoms with Crippen molar-refractivity contribution in [2.75, 3.05) is 26.4 Å². The van der Waals surface area contributed by atoms with Crippen LogP contribution in [0.4, 0.5) is 0 Å². The highest BCUT2D eigenvalue weighted by Gasteiger charge is 2.06. The summed E-state index contributed by atoms with van der Waals surface area (Å²) in [6.07, 6.45) is 0. The van der Waals surface area contributed by atoms with E-state index < -0.39 is 0 Å². The van der Waals surface area contributed by atoms with E-state index in [0.29, 0.717) is 37.9 Å². The maximum atomic E-state index is 8.66. The van der Waals surface area contributed by atoms with Gasteiger partial charge in [0.05, 0.1) is 19.8 Å². The monoisotopic (exact) mass is 449 g/mol. The van der Waals surface area contributed by atoms with Crippen LogP contribution in [0.15, 0.2) is 46.9 Å². The Morgan fingerprint density at radius 1 is 1.08 bits per heavy atom. The summed E-state index contributed by atoms with van der Waals surface area (Å²) in [6.45, 7) is 2.77. The molecule has 0 bridgehead atoms. The van der Waals surface area contributed by atoms with Crippen molar-refractivity contribution in [1.82, 2.24) is 5.32 Å². The van der Waals surface area contributed by atoms with Crippen molar-refractivity contribution in [2.45, 2.75) is 13.2 Å². The molecule has 2 aromatic carbocycles. The topological polar surface area (TPSA) is 50.7 Å². The highest BCUT2D eigenvalue weighted by atomic mass is 79.9. The van der Waals surface area contributed by atoms with Crippen LogP contribution in [-0.2, 0) is 17.9 Å². The summed E-state index contributed by atoms with van der Waals surface area (Å²) in [4.78, 5) is 0. The third-order valence-corrected chi connectivity index (χ3v) is 4.20. The Morgan fingerprint density at radius 2 is 1.88 bits per heavy atom. The molecule has 0 aliphatic carbocycles. The van der Waals surface area contributed by atoms with Crippen LogP contribution in [0.2, 0.25) is 5.02 Å². The van der Waals surface area contributed by atoms with Crippen molar-refractivity contribution >= 4 is 39.9 Å². The second-order valence-corrected chi connectivity index (χ2v) is 6.47. The van der Waals surface area contributed by atoms with Crippen LogP contribution in [0.5, 0.6) is 5.75 Å². The molecule has 0 aromatic heterocycles. The van der Waals surface area contributed by atoms with Gasteiger partial charge in [0.25, 0.3) is 0 Å². The molecule has 25 heavy (non-hydrogen) atoms. The molecular weight excluding hydrogens is 429 g/mol. The quantitative estimate of drug-likeness (QED) is 0.532. The number of rotatable bonds is 10. The minimum absolute atomic E-state index is 0. The number of ether oxygens (including phenoxy) is 2. The van der Waals surface area contributed by atoms with E-state index in [1.807, 2.05) is 42.5 Å². The van der Waals surface area contributed by atoms with Gasteiger partial charge in [-0.1, -0.05) is 45.7 Å². The molecule has 0 fully saturated rings. The van der Waals surface area contributed by atoms with Gasteiger partial charge in [0.1, 0.15) is 12.4 Å². The number of benzene rings is 2. The lowest BCUT2D eigenvalue weighted by Crippen LogP contribution is -2.20. The number of hydrogen-bond acceptors (Lipinski definition) is 4. The summed E-state index contributed by atoms with van der Waals surface area (Å²) >= 11 is 9.66. The van der Waals surface area contributed by atoms with Gasteiger partial charge in [-0.15, -0.1) is 12.4 Å². The van der Waals surface area contributed by atoms with Gasteiger partial charge in [0, 0.05) is 33.7 Å². The lowest BCUT2D eigenvalue weighted by atomic mass is 10.2. The molecule has 0 amide bonds. The average molecular weight is 451 g/mol. The van der Waals surface area contributed by atoms with E-state index in [4.69, 9.17) is 26.2 Å². The van der Waals surface area contributed by atoms with Crippen molar-refractivity contribution < 1.29 is 14.6 Å². The Morgan fingerprint density at radius 3 is 2.64 bits per heavy atom. The fraction of sp³-hybridized carbons (Fsp3) is 0.333. The third-order valence-electron chi connectivity index (χ3n) is 3.34. The smallest absolute Gasteiger partial charge is 0.124 e. The first-order chi connectivity index (χ1) is 11.7. The molecule has 2 N–H and O–H groups in total. The largest absolute Gasteiger partial charge is 0.489 e. The molecule has 0 aliphatic heterocycles. The summed E-state index contributed by atoms with van der Waals surface area (Å²) in [5.74, 6) is 0.821. The van der Waals surface area contributed by atoms with Gasteiger partial charge in [-0.3, -0.25) is 0 Å². The standard InChI is InChI=1S/C18H21BrClNO3.ClH/c19-16-5-6-18(24-13-14-3-1-2-4-17(14)20)15(11-16)12-21-7-9-23-10-8-22;/h1-6,11,21-22H,7-10,12-13H2;1H. The number of nitrogens with one attached hydrogen (secondary N) is 1. The van der Waals surface area contributed by atoms with Crippen LogP contribution in [0.25, 0.3) is 0 Å². The molecule has 0 aliphatic rings. The van der Waals surface area contributed by atoms with Gasteiger partial charge in [-0.25, -0.2) is 0 Å². The highest BCUT2D eigenvalue weighted by molar-refractivity contribution is 9.10. The molecule has 0 atom stereocenters. The molecule has 2 rings (SSSR count). The first-order valence-corrected chi connectivity index (χ1v) is 8.91. The lowest BCUT2D eigenvalue weighted by molar-refractivity contribution is 0.0937. The fourth-order valence-electron chi connectivity index (χ4n) is 2.13. The fourth-order valence-corrected chi connectivity index (χ4v) is 2.73. The van der Waals surface area contributed by atoms with Gasteiger partial charge in [0.2, 0.25) is 0 Å². The summed E-state index contributed by atoms with van der Waals surface area (Å²) in [5, 5.41) is 12.7. The Bertz CT molecular complexity index is 643. The van der Waals surface area contributed by atoms with E-state index in [0.717, 1.165) is 21.3 Å². The Labute approximate surface area is 168 Å². The first kappa shape index (κ1) is 22.2. The van der Waals surface area contributed by atoms with E-state index in [2.05, 4.69) is 21.2 Å². The van der Waals surface area contributed by atoms with E-state index in [1.165, 1.54) is 0 Å². The SMILES string of the molecule is Cl.OCCOCCNCc1cc(Br)ccc1OCc1ccccc1Cl. The Hall–Kier alpha value is -0.820. The van der Waals surface area contributed by atoms with Gasteiger partial charge in [-0.2, -0.15) is 0 Å². The number of aliphatic hydroxyl groups excluding tert-OH is 1. The van der Waals surface area contributed by atoms with Crippen molar-refractivity contribution in [3.8, 4) is 5.75 Å². The van der Waals surface area contributed by atoms with Crippen molar-refractivity contribution in [3.63, 3.8) is 0 Å². The van der Waals surface area contributed by atoms with Crippen LogP contribution in [-0.4, -0.2) is 31.5 Å². The molecule has 7 heteroatoms. The van der Waals surface area contributed by atoms with E-state index in [9.17, 15) is 0 Å². The molecule has 0 spiro atoms.